The van der Waals surface area contributed by atoms with Crippen LogP contribution in [0.15, 0.2) is 42.7 Å². The largest absolute Gasteiger partial charge is 0.437 e. The topological polar surface area (TPSA) is 47.0 Å². The standard InChI is InChI=1S/C14H15N3O/c1-3-6-11-7-4-5-8-12(11)18-14-10-16-9-13(15-2)17-14/h3-10H,1-2H3,(H,15,17)/b6-3+. The first-order valence-electron chi connectivity index (χ1n) is 5.73. The van der Waals surface area contributed by atoms with Gasteiger partial charge in [-0.2, -0.15) is 4.98 Å². The molecule has 1 heterocycles. The maximum Gasteiger partial charge on any atom is 0.239 e. The maximum atomic E-state index is 5.74. The van der Waals surface area contributed by atoms with E-state index in [9.17, 15) is 0 Å². The quantitative estimate of drug-likeness (QED) is 0.891. The number of hydrogen-bond acceptors (Lipinski definition) is 4. The lowest BCUT2D eigenvalue weighted by atomic mass is 10.2. The van der Waals surface area contributed by atoms with Crippen LogP contribution in [0.5, 0.6) is 11.6 Å². The molecule has 18 heavy (non-hydrogen) atoms. The van der Waals surface area contributed by atoms with Crippen molar-refractivity contribution in [1.29, 1.82) is 0 Å². The summed E-state index contributed by atoms with van der Waals surface area (Å²) in [5.74, 6) is 1.91. The lowest BCUT2D eigenvalue weighted by Gasteiger charge is -2.08. The molecule has 0 radical (unpaired) electrons. The number of hydrogen-bond donors (Lipinski definition) is 1. The van der Waals surface area contributed by atoms with E-state index in [4.69, 9.17) is 4.74 Å². The Balaban J connectivity index is 2.27. The first kappa shape index (κ1) is 12.1. The van der Waals surface area contributed by atoms with Gasteiger partial charge in [0.25, 0.3) is 0 Å². The van der Waals surface area contributed by atoms with Gasteiger partial charge in [-0.05, 0) is 13.0 Å². The third kappa shape index (κ3) is 2.85. The Morgan fingerprint density at radius 1 is 1.22 bits per heavy atom. The second-order valence-corrected chi connectivity index (χ2v) is 3.63. The summed E-state index contributed by atoms with van der Waals surface area (Å²) in [6.45, 7) is 1.97. The Kier molecular flexibility index (Phi) is 3.91. The molecule has 0 aliphatic rings. The minimum absolute atomic E-state index is 0.471. The molecule has 92 valence electrons. The summed E-state index contributed by atoms with van der Waals surface area (Å²) in [6.07, 6.45) is 7.20. The molecule has 1 aromatic carbocycles. The van der Waals surface area contributed by atoms with Crippen molar-refractivity contribution in [3.05, 3.63) is 48.3 Å². The molecule has 0 bridgehead atoms. The van der Waals surface area contributed by atoms with Crippen LogP contribution in [0.4, 0.5) is 5.82 Å². The van der Waals surface area contributed by atoms with E-state index in [0.29, 0.717) is 11.7 Å². The van der Waals surface area contributed by atoms with Gasteiger partial charge in [0.05, 0.1) is 12.4 Å². The molecule has 0 spiro atoms. The minimum Gasteiger partial charge on any atom is -0.437 e. The molecule has 1 aromatic heterocycles. The van der Waals surface area contributed by atoms with E-state index in [-0.39, 0.29) is 0 Å². The number of ether oxygens (including phenoxy) is 1. The van der Waals surface area contributed by atoms with E-state index < -0.39 is 0 Å². The number of rotatable bonds is 4. The SMILES string of the molecule is C/C=C/c1ccccc1Oc1cncc(NC)n1. The Morgan fingerprint density at radius 2 is 2.06 bits per heavy atom. The van der Waals surface area contributed by atoms with E-state index in [1.165, 1.54) is 0 Å². The van der Waals surface area contributed by atoms with Gasteiger partial charge in [0.2, 0.25) is 5.88 Å². The molecule has 2 rings (SSSR count). The van der Waals surface area contributed by atoms with Crippen molar-refractivity contribution in [2.75, 3.05) is 12.4 Å². The Morgan fingerprint density at radius 3 is 2.83 bits per heavy atom. The molecule has 0 unspecified atom stereocenters. The fourth-order valence-electron chi connectivity index (χ4n) is 1.52. The van der Waals surface area contributed by atoms with Gasteiger partial charge in [-0.3, -0.25) is 4.98 Å². The predicted octanol–water partition coefficient (Wildman–Crippen LogP) is 3.34. The van der Waals surface area contributed by atoms with Gasteiger partial charge in [-0.15, -0.1) is 0 Å². The molecule has 1 N–H and O–H groups in total. The molecule has 0 aliphatic heterocycles. The highest BCUT2D eigenvalue weighted by molar-refractivity contribution is 5.57. The second-order valence-electron chi connectivity index (χ2n) is 3.63. The molecule has 4 nitrogen and oxygen atoms in total. The Labute approximate surface area is 106 Å². The van der Waals surface area contributed by atoms with Crippen LogP contribution in [0.2, 0.25) is 0 Å². The molecule has 0 aliphatic carbocycles. The number of anilines is 1. The molecule has 0 fully saturated rings. The molecule has 2 aromatic rings. The lowest BCUT2D eigenvalue weighted by molar-refractivity contribution is 0.460. The first-order chi connectivity index (χ1) is 8.83. The first-order valence-corrected chi connectivity index (χ1v) is 5.73. The van der Waals surface area contributed by atoms with Crippen molar-refractivity contribution in [3.63, 3.8) is 0 Å². The number of benzene rings is 1. The van der Waals surface area contributed by atoms with Crippen LogP contribution in [0.3, 0.4) is 0 Å². The third-order valence-electron chi connectivity index (χ3n) is 2.35. The minimum atomic E-state index is 0.471. The normalized spacial score (nSPS) is 10.6. The zero-order valence-corrected chi connectivity index (χ0v) is 10.4. The van der Waals surface area contributed by atoms with Crippen molar-refractivity contribution >= 4 is 11.9 Å². The highest BCUT2D eigenvalue weighted by Gasteiger charge is 2.03. The van der Waals surface area contributed by atoms with Crippen LogP contribution in [0.1, 0.15) is 12.5 Å². The molecule has 0 atom stereocenters. The summed E-state index contributed by atoms with van der Waals surface area (Å²) in [5.41, 5.74) is 1.01. The second kappa shape index (κ2) is 5.82. The van der Waals surface area contributed by atoms with E-state index in [0.717, 1.165) is 11.3 Å². The van der Waals surface area contributed by atoms with Gasteiger partial charge < -0.3 is 10.1 Å². The zero-order chi connectivity index (χ0) is 12.8. The molecule has 0 saturated heterocycles. The number of allylic oxidation sites excluding steroid dienone is 1. The van der Waals surface area contributed by atoms with Gasteiger partial charge in [0.15, 0.2) is 0 Å². The molecular weight excluding hydrogens is 226 g/mol. The lowest BCUT2D eigenvalue weighted by Crippen LogP contribution is -1.96. The maximum absolute atomic E-state index is 5.74. The van der Waals surface area contributed by atoms with Gasteiger partial charge in [0.1, 0.15) is 11.6 Å². The van der Waals surface area contributed by atoms with Gasteiger partial charge in [0, 0.05) is 12.6 Å². The van der Waals surface area contributed by atoms with E-state index >= 15 is 0 Å². The fraction of sp³-hybridized carbons (Fsp3) is 0.143. The van der Waals surface area contributed by atoms with Crippen molar-refractivity contribution in [2.24, 2.45) is 0 Å². The summed E-state index contributed by atoms with van der Waals surface area (Å²) in [7, 11) is 1.79. The predicted molar refractivity (Wildman–Crippen MR) is 72.8 cm³/mol. The number of para-hydroxylation sites is 1. The Bertz CT molecular complexity index is 552. The monoisotopic (exact) mass is 241 g/mol. The smallest absolute Gasteiger partial charge is 0.239 e. The summed E-state index contributed by atoms with van der Waals surface area (Å²) in [4.78, 5) is 8.33. The molecule has 0 saturated carbocycles. The highest BCUT2D eigenvalue weighted by atomic mass is 16.5. The van der Waals surface area contributed by atoms with E-state index in [1.54, 1.807) is 19.4 Å². The van der Waals surface area contributed by atoms with Crippen LogP contribution in [0, 0.1) is 0 Å². The number of nitrogens with one attached hydrogen (secondary N) is 1. The summed E-state index contributed by atoms with van der Waals surface area (Å²) >= 11 is 0. The highest BCUT2D eigenvalue weighted by Crippen LogP contribution is 2.25. The van der Waals surface area contributed by atoms with Crippen LogP contribution in [0.25, 0.3) is 6.08 Å². The van der Waals surface area contributed by atoms with Crippen LogP contribution in [-0.4, -0.2) is 17.0 Å². The van der Waals surface area contributed by atoms with Gasteiger partial charge in [-0.25, -0.2) is 0 Å². The summed E-state index contributed by atoms with van der Waals surface area (Å²) < 4.78 is 5.74. The van der Waals surface area contributed by atoms with Gasteiger partial charge >= 0.3 is 0 Å². The van der Waals surface area contributed by atoms with E-state index in [2.05, 4.69) is 15.3 Å². The molecule has 4 heteroatoms. The average Bonchev–Trinajstić information content (AvgIpc) is 2.41. The fourth-order valence-corrected chi connectivity index (χ4v) is 1.52. The Hall–Kier alpha value is -2.36. The van der Waals surface area contributed by atoms with Crippen molar-refractivity contribution in [2.45, 2.75) is 6.92 Å². The number of nitrogens with zero attached hydrogens (tertiary/aromatic N) is 2. The van der Waals surface area contributed by atoms with Crippen molar-refractivity contribution in [1.82, 2.24) is 9.97 Å². The van der Waals surface area contributed by atoms with Gasteiger partial charge in [-0.1, -0.05) is 30.4 Å². The van der Waals surface area contributed by atoms with Crippen LogP contribution < -0.4 is 10.1 Å². The van der Waals surface area contributed by atoms with Crippen molar-refractivity contribution < 1.29 is 4.74 Å². The van der Waals surface area contributed by atoms with E-state index in [1.807, 2.05) is 43.3 Å². The molecular formula is C14H15N3O. The summed E-state index contributed by atoms with van der Waals surface area (Å²) in [5, 5.41) is 2.93. The number of aromatic nitrogens is 2. The van der Waals surface area contributed by atoms with Crippen LogP contribution in [-0.2, 0) is 0 Å². The zero-order valence-electron chi connectivity index (χ0n) is 10.4. The third-order valence-corrected chi connectivity index (χ3v) is 2.35. The summed E-state index contributed by atoms with van der Waals surface area (Å²) in [6, 6.07) is 7.79. The van der Waals surface area contributed by atoms with Crippen LogP contribution >= 0.6 is 0 Å². The molecule has 0 amide bonds. The van der Waals surface area contributed by atoms with Crippen molar-refractivity contribution in [3.8, 4) is 11.6 Å². The average molecular weight is 241 g/mol.